The Kier molecular flexibility index (Phi) is 5.21. The molecule has 28 heavy (non-hydrogen) atoms. The summed E-state index contributed by atoms with van der Waals surface area (Å²) in [6, 6.07) is 30.3. The molecule has 0 N–H and O–H groups in total. The fourth-order valence-electron chi connectivity index (χ4n) is 3.36. The summed E-state index contributed by atoms with van der Waals surface area (Å²) in [7, 11) is 0. The van der Waals surface area contributed by atoms with Gasteiger partial charge >= 0.3 is 0 Å². The first kappa shape index (κ1) is 18.0. The lowest BCUT2D eigenvalue weighted by molar-refractivity contribution is 1.46. The number of rotatable bonds is 4. The second kappa shape index (κ2) is 8.10. The van der Waals surface area contributed by atoms with Crippen molar-refractivity contribution in [2.75, 3.05) is 0 Å². The van der Waals surface area contributed by atoms with Gasteiger partial charge in [0.25, 0.3) is 0 Å². The molecule has 0 amide bonds. The van der Waals surface area contributed by atoms with Gasteiger partial charge in [0.2, 0.25) is 0 Å². The molecule has 0 radical (unpaired) electrons. The van der Waals surface area contributed by atoms with E-state index in [1.807, 2.05) is 0 Å². The summed E-state index contributed by atoms with van der Waals surface area (Å²) in [4.78, 5) is 0. The van der Waals surface area contributed by atoms with Crippen LogP contribution in [0.25, 0.3) is 35.1 Å². The standard InChI is InChI=1S/C28H24/c1-21-7-11-23(12-8-21)15-17-26-19-18-25-5-3-4-6-27(25)28(26)20-16-24-13-9-22(2)10-14-24/h3-20H,1-2H3/b17-15-,20-16-. The van der Waals surface area contributed by atoms with Gasteiger partial charge in [-0.1, -0.05) is 120 Å². The third kappa shape index (κ3) is 4.13. The molecular weight excluding hydrogens is 336 g/mol. The summed E-state index contributed by atoms with van der Waals surface area (Å²) in [5.74, 6) is 0. The molecular formula is C28H24. The van der Waals surface area contributed by atoms with Crippen LogP contribution in [0.5, 0.6) is 0 Å². The first-order valence-corrected chi connectivity index (χ1v) is 9.70. The average molecular weight is 361 g/mol. The van der Waals surface area contributed by atoms with Gasteiger partial charge in [-0.3, -0.25) is 0 Å². The molecule has 0 spiro atoms. The monoisotopic (exact) mass is 360 g/mol. The molecule has 0 nitrogen and oxygen atoms in total. The summed E-state index contributed by atoms with van der Waals surface area (Å²) in [5.41, 5.74) is 7.47. The predicted molar refractivity (Wildman–Crippen MR) is 124 cm³/mol. The summed E-state index contributed by atoms with van der Waals surface area (Å²) in [6.07, 6.45) is 8.84. The van der Waals surface area contributed by atoms with Gasteiger partial charge in [0.15, 0.2) is 0 Å². The molecule has 0 aromatic heterocycles. The van der Waals surface area contributed by atoms with Crippen molar-refractivity contribution >= 4 is 35.1 Å². The second-order valence-corrected chi connectivity index (χ2v) is 7.28. The van der Waals surface area contributed by atoms with Gasteiger partial charge in [-0.05, 0) is 46.9 Å². The predicted octanol–water partition coefficient (Wildman–Crippen LogP) is 7.80. The zero-order valence-electron chi connectivity index (χ0n) is 16.4. The highest BCUT2D eigenvalue weighted by molar-refractivity contribution is 5.97. The van der Waals surface area contributed by atoms with Gasteiger partial charge in [-0.2, -0.15) is 0 Å². The van der Waals surface area contributed by atoms with Crippen LogP contribution in [0.15, 0.2) is 84.9 Å². The number of hydrogen-bond acceptors (Lipinski definition) is 0. The van der Waals surface area contributed by atoms with Crippen LogP contribution >= 0.6 is 0 Å². The number of hydrogen-bond donors (Lipinski definition) is 0. The summed E-state index contributed by atoms with van der Waals surface area (Å²) in [5, 5.41) is 2.54. The van der Waals surface area contributed by atoms with Crippen molar-refractivity contribution in [1.29, 1.82) is 0 Å². The lowest BCUT2D eigenvalue weighted by Crippen LogP contribution is -1.85. The van der Waals surface area contributed by atoms with Crippen LogP contribution in [-0.2, 0) is 0 Å². The Morgan fingerprint density at radius 2 is 1.07 bits per heavy atom. The van der Waals surface area contributed by atoms with E-state index in [0.29, 0.717) is 0 Å². The Balaban J connectivity index is 1.76. The van der Waals surface area contributed by atoms with Crippen LogP contribution in [-0.4, -0.2) is 0 Å². The fraction of sp³-hybridized carbons (Fsp3) is 0.0714. The van der Waals surface area contributed by atoms with E-state index in [1.165, 1.54) is 44.2 Å². The minimum Gasteiger partial charge on any atom is -0.0616 e. The van der Waals surface area contributed by atoms with E-state index >= 15 is 0 Å². The third-order valence-electron chi connectivity index (χ3n) is 5.06. The van der Waals surface area contributed by atoms with Crippen LogP contribution in [0, 0.1) is 13.8 Å². The summed E-state index contributed by atoms with van der Waals surface area (Å²) in [6.45, 7) is 4.23. The second-order valence-electron chi connectivity index (χ2n) is 7.28. The maximum atomic E-state index is 2.24. The lowest BCUT2D eigenvalue weighted by Gasteiger charge is -2.08. The van der Waals surface area contributed by atoms with Crippen molar-refractivity contribution in [3.05, 3.63) is 118 Å². The van der Waals surface area contributed by atoms with E-state index in [-0.39, 0.29) is 0 Å². The highest BCUT2D eigenvalue weighted by Crippen LogP contribution is 2.26. The molecule has 4 aromatic rings. The minimum absolute atomic E-state index is 1.21. The number of aryl methyl sites for hydroxylation is 2. The zero-order chi connectivity index (χ0) is 19.3. The van der Waals surface area contributed by atoms with Gasteiger partial charge in [-0.25, -0.2) is 0 Å². The molecule has 0 unspecified atom stereocenters. The van der Waals surface area contributed by atoms with Crippen molar-refractivity contribution in [2.45, 2.75) is 13.8 Å². The van der Waals surface area contributed by atoms with Gasteiger partial charge in [-0.15, -0.1) is 0 Å². The van der Waals surface area contributed by atoms with Crippen molar-refractivity contribution in [3.8, 4) is 0 Å². The summed E-state index contributed by atoms with van der Waals surface area (Å²) >= 11 is 0. The Morgan fingerprint density at radius 3 is 1.71 bits per heavy atom. The van der Waals surface area contributed by atoms with E-state index < -0.39 is 0 Å². The van der Waals surface area contributed by atoms with E-state index in [9.17, 15) is 0 Å². The van der Waals surface area contributed by atoms with Gasteiger partial charge in [0.1, 0.15) is 0 Å². The molecule has 0 bridgehead atoms. The smallest absolute Gasteiger partial charge is 0.0105 e. The van der Waals surface area contributed by atoms with Crippen LogP contribution < -0.4 is 0 Å². The van der Waals surface area contributed by atoms with E-state index in [0.717, 1.165) is 0 Å². The third-order valence-corrected chi connectivity index (χ3v) is 5.06. The van der Waals surface area contributed by atoms with Gasteiger partial charge in [0, 0.05) is 0 Å². The van der Waals surface area contributed by atoms with Crippen molar-refractivity contribution in [3.63, 3.8) is 0 Å². The SMILES string of the molecule is Cc1ccc(/C=C\c2ccc3ccccc3c2/C=C\c2ccc(C)cc2)cc1. The molecule has 4 rings (SSSR count). The maximum absolute atomic E-state index is 2.24. The molecule has 0 aliphatic carbocycles. The molecule has 0 heteroatoms. The van der Waals surface area contributed by atoms with Crippen LogP contribution in [0.4, 0.5) is 0 Å². The molecule has 136 valence electrons. The quantitative estimate of drug-likeness (QED) is 0.326. The Bertz CT molecular complexity index is 1140. The molecule has 0 aliphatic heterocycles. The van der Waals surface area contributed by atoms with E-state index in [4.69, 9.17) is 0 Å². The molecule has 0 fully saturated rings. The highest BCUT2D eigenvalue weighted by atomic mass is 14.1. The lowest BCUT2D eigenvalue weighted by atomic mass is 9.97. The Labute approximate surface area is 167 Å². The van der Waals surface area contributed by atoms with E-state index in [1.54, 1.807) is 0 Å². The van der Waals surface area contributed by atoms with Crippen LogP contribution in [0.3, 0.4) is 0 Å². The first-order chi connectivity index (χ1) is 13.7. The molecule has 0 heterocycles. The largest absolute Gasteiger partial charge is 0.0616 e. The Morgan fingerprint density at radius 1 is 0.500 bits per heavy atom. The topological polar surface area (TPSA) is 0 Å². The van der Waals surface area contributed by atoms with Crippen molar-refractivity contribution in [2.24, 2.45) is 0 Å². The molecule has 4 aromatic carbocycles. The number of fused-ring (bicyclic) bond motifs is 1. The van der Waals surface area contributed by atoms with Crippen molar-refractivity contribution < 1.29 is 0 Å². The van der Waals surface area contributed by atoms with Crippen LogP contribution in [0.1, 0.15) is 33.4 Å². The highest BCUT2D eigenvalue weighted by Gasteiger charge is 2.03. The maximum Gasteiger partial charge on any atom is -0.0105 e. The van der Waals surface area contributed by atoms with Crippen molar-refractivity contribution in [1.82, 2.24) is 0 Å². The average Bonchev–Trinajstić information content (AvgIpc) is 2.73. The minimum atomic E-state index is 1.21. The first-order valence-electron chi connectivity index (χ1n) is 9.70. The Hall–Kier alpha value is -3.38. The fourth-order valence-corrected chi connectivity index (χ4v) is 3.36. The van der Waals surface area contributed by atoms with Gasteiger partial charge < -0.3 is 0 Å². The normalized spacial score (nSPS) is 11.6. The molecule has 0 saturated heterocycles. The van der Waals surface area contributed by atoms with Crippen LogP contribution in [0.2, 0.25) is 0 Å². The summed E-state index contributed by atoms with van der Waals surface area (Å²) < 4.78 is 0. The molecule has 0 aliphatic rings. The molecule has 0 atom stereocenters. The van der Waals surface area contributed by atoms with E-state index in [2.05, 4.69) is 123 Å². The number of benzene rings is 4. The zero-order valence-corrected chi connectivity index (χ0v) is 16.4. The van der Waals surface area contributed by atoms with Gasteiger partial charge in [0.05, 0.1) is 0 Å². The molecule has 0 saturated carbocycles.